The zero-order valence-electron chi connectivity index (χ0n) is 12.9. The molecule has 0 aromatic carbocycles. The van der Waals surface area contributed by atoms with E-state index in [0.717, 1.165) is 26.2 Å². The van der Waals surface area contributed by atoms with E-state index >= 15 is 0 Å². The molecule has 22 heavy (non-hydrogen) atoms. The maximum atomic E-state index is 12.6. The van der Waals surface area contributed by atoms with Gasteiger partial charge in [0.1, 0.15) is 4.33 Å². The second-order valence-corrected chi connectivity index (χ2v) is 7.99. The summed E-state index contributed by atoms with van der Waals surface area (Å²) in [4.78, 5) is 21.0. The van der Waals surface area contributed by atoms with Crippen molar-refractivity contribution in [2.45, 2.75) is 30.6 Å². The van der Waals surface area contributed by atoms with Crippen LogP contribution < -0.4 is 0 Å². The fourth-order valence-electron chi connectivity index (χ4n) is 3.13. The molecule has 1 saturated carbocycles. The summed E-state index contributed by atoms with van der Waals surface area (Å²) in [5.74, 6) is 0.0891. The quantitative estimate of drug-likeness (QED) is 0.793. The Hall–Kier alpha value is -0.840. The van der Waals surface area contributed by atoms with E-state index in [1.54, 1.807) is 6.20 Å². The molecule has 1 saturated heterocycles. The van der Waals surface area contributed by atoms with Crippen LogP contribution in [0.25, 0.3) is 0 Å². The van der Waals surface area contributed by atoms with Gasteiger partial charge in [-0.1, -0.05) is 6.07 Å². The molecule has 1 amide bonds. The zero-order chi connectivity index (χ0) is 16.0. The number of carbonyl (C=O) groups excluding carboxylic acids is 1. The lowest BCUT2D eigenvalue weighted by molar-refractivity contribution is -0.138. The average molecular weight is 342 g/mol. The van der Waals surface area contributed by atoms with E-state index in [1.807, 2.05) is 24.1 Å². The smallest absolute Gasteiger partial charge is 0.231 e. The molecular weight excluding hydrogens is 321 g/mol. The van der Waals surface area contributed by atoms with Crippen LogP contribution in [0, 0.1) is 5.41 Å². The first-order valence-corrected chi connectivity index (χ1v) is 8.42. The number of alkyl halides is 2. The number of hydrogen-bond acceptors (Lipinski definition) is 3. The topological polar surface area (TPSA) is 36.4 Å². The number of nitrogens with zero attached hydrogens (tertiary/aromatic N) is 3. The molecule has 120 valence electrons. The highest BCUT2D eigenvalue weighted by molar-refractivity contribution is 6.53. The second kappa shape index (κ2) is 5.66. The van der Waals surface area contributed by atoms with Crippen molar-refractivity contribution in [2.24, 2.45) is 5.41 Å². The normalized spacial score (nSPS) is 29.2. The van der Waals surface area contributed by atoms with Crippen molar-refractivity contribution in [1.82, 2.24) is 14.8 Å². The van der Waals surface area contributed by atoms with Gasteiger partial charge in [-0.05, 0) is 31.9 Å². The largest absolute Gasteiger partial charge is 0.340 e. The van der Waals surface area contributed by atoms with Gasteiger partial charge in [0.05, 0.1) is 5.41 Å². The predicted octanol–water partition coefficient (Wildman–Crippen LogP) is 2.87. The van der Waals surface area contributed by atoms with Gasteiger partial charge in [-0.25, -0.2) is 0 Å². The third kappa shape index (κ3) is 2.72. The Kier molecular flexibility index (Phi) is 4.12. The van der Waals surface area contributed by atoms with Crippen molar-refractivity contribution in [3.8, 4) is 0 Å². The van der Waals surface area contributed by atoms with Gasteiger partial charge in [0.25, 0.3) is 0 Å². The van der Waals surface area contributed by atoms with Crippen molar-refractivity contribution in [1.29, 1.82) is 0 Å². The van der Waals surface area contributed by atoms with Gasteiger partial charge >= 0.3 is 0 Å². The van der Waals surface area contributed by atoms with Crippen LogP contribution in [0.4, 0.5) is 0 Å². The highest BCUT2D eigenvalue weighted by Gasteiger charge is 2.68. The molecule has 3 rings (SSSR count). The molecule has 2 aliphatic rings. The Morgan fingerprint density at radius 1 is 1.32 bits per heavy atom. The molecule has 0 N–H and O–H groups in total. The van der Waals surface area contributed by atoms with Crippen molar-refractivity contribution in [2.75, 3.05) is 26.2 Å². The molecule has 0 bridgehead atoms. The highest BCUT2D eigenvalue weighted by atomic mass is 35.5. The Morgan fingerprint density at radius 3 is 2.45 bits per heavy atom. The summed E-state index contributed by atoms with van der Waals surface area (Å²) in [7, 11) is 0. The van der Waals surface area contributed by atoms with E-state index in [0.29, 0.717) is 12.5 Å². The van der Waals surface area contributed by atoms with Crippen LogP contribution in [0.2, 0.25) is 0 Å². The number of rotatable bonds is 3. The van der Waals surface area contributed by atoms with Gasteiger partial charge in [0.2, 0.25) is 5.91 Å². The molecule has 0 spiro atoms. The third-order valence-corrected chi connectivity index (χ3v) is 6.15. The van der Waals surface area contributed by atoms with Crippen LogP contribution in [-0.4, -0.2) is 51.2 Å². The molecule has 1 aromatic heterocycles. The molecular formula is C16H21Cl2N3O. The van der Waals surface area contributed by atoms with Crippen LogP contribution in [0.5, 0.6) is 0 Å². The van der Waals surface area contributed by atoms with Gasteiger partial charge in [0.15, 0.2) is 0 Å². The first-order valence-electron chi connectivity index (χ1n) is 7.66. The van der Waals surface area contributed by atoms with Gasteiger partial charge in [-0.15, -0.1) is 23.2 Å². The van der Waals surface area contributed by atoms with E-state index in [9.17, 15) is 4.79 Å². The lowest BCUT2D eigenvalue weighted by Gasteiger charge is -2.39. The molecule has 1 aliphatic heterocycles. The van der Waals surface area contributed by atoms with Crippen molar-refractivity contribution < 1.29 is 4.79 Å². The van der Waals surface area contributed by atoms with Crippen LogP contribution in [0.3, 0.4) is 0 Å². The molecule has 6 heteroatoms. The molecule has 2 unspecified atom stereocenters. The minimum Gasteiger partial charge on any atom is -0.340 e. The van der Waals surface area contributed by atoms with Gasteiger partial charge in [-0.2, -0.15) is 0 Å². The van der Waals surface area contributed by atoms with E-state index in [1.165, 1.54) is 5.56 Å². The summed E-state index contributed by atoms with van der Waals surface area (Å²) in [6.45, 7) is 7.20. The number of piperazine rings is 1. The zero-order valence-corrected chi connectivity index (χ0v) is 14.4. The summed E-state index contributed by atoms with van der Waals surface area (Å²) in [6, 6.07) is 4.36. The number of carbonyl (C=O) groups is 1. The van der Waals surface area contributed by atoms with Crippen LogP contribution in [0.1, 0.15) is 31.9 Å². The van der Waals surface area contributed by atoms with Crippen molar-refractivity contribution in [3.05, 3.63) is 30.1 Å². The summed E-state index contributed by atoms with van der Waals surface area (Å²) in [5.41, 5.74) is 0.602. The Balaban J connectivity index is 1.58. The highest BCUT2D eigenvalue weighted by Crippen LogP contribution is 2.64. The summed E-state index contributed by atoms with van der Waals surface area (Å²) < 4.78 is -0.885. The van der Waals surface area contributed by atoms with Crippen LogP contribution in [0.15, 0.2) is 24.5 Å². The molecule has 2 atom stereocenters. The summed E-state index contributed by atoms with van der Waals surface area (Å²) in [6.07, 6.45) is 4.24. The van der Waals surface area contributed by atoms with Crippen LogP contribution >= 0.6 is 23.2 Å². The lowest BCUT2D eigenvalue weighted by atomic mass is 10.1. The molecule has 1 aliphatic carbocycles. The van der Waals surface area contributed by atoms with Crippen LogP contribution in [-0.2, 0) is 4.79 Å². The number of aromatic nitrogens is 1. The fraction of sp³-hybridized carbons (Fsp3) is 0.625. The summed E-state index contributed by atoms with van der Waals surface area (Å²) >= 11 is 12.2. The van der Waals surface area contributed by atoms with E-state index in [2.05, 4.69) is 22.9 Å². The van der Waals surface area contributed by atoms with Gasteiger partial charge in [-0.3, -0.25) is 14.7 Å². The fourth-order valence-corrected chi connectivity index (χ4v) is 3.82. The molecule has 2 heterocycles. The standard InChI is InChI=1S/C16H21Cl2N3O/c1-12(13-4-3-5-19-10-13)20-6-8-21(9-7-20)14(22)15(2)11-16(15,17)18/h3-5,10,12H,6-9,11H2,1-2H3. The molecule has 1 aromatic rings. The van der Waals surface area contributed by atoms with Gasteiger partial charge < -0.3 is 4.90 Å². The molecule has 2 fully saturated rings. The number of halogens is 2. The summed E-state index contributed by atoms with van der Waals surface area (Å²) in [5, 5.41) is 0. The first kappa shape index (κ1) is 16.0. The Morgan fingerprint density at radius 2 is 1.95 bits per heavy atom. The Labute approximate surface area is 141 Å². The lowest BCUT2D eigenvalue weighted by Crippen LogP contribution is -2.51. The maximum absolute atomic E-state index is 12.6. The Bertz CT molecular complexity index is 558. The predicted molar refractivity (Wildman–Crippen MR) is 88.0 cm³/mol. The average Bonchev–Trinajstić information content (AvgIpc) is 3.06. The van der Waals surface area contributed by atoms with E-state index in [-0.39, 0.29) is 5.91 Å². The minimum absolute atomic E-state index is 0.0891. The third-order valence-electron chi connectivity index (χ3n) is 5.05. The van der Waals surface area contributed by atoms with Crippen molar-refractivity contribution in [3.63, 3.8) is 0 Å². The number of amides is 1. The number of pyridine rings is 1. The SMILES string of the molecule is CC(c1cccnc1)N1CCN(C(=O)C2(C)CC2(Cl)Cl)CC1. The minimum atomic E-state index is -0.885. The number of hydrogen-bond donors (Lipinski definition) is 0. The maximum Gasteiger partial charge on any atom is 0.231 e. The monoisotopic (exact) mass is 341 g/mol. The molecule has 4 nitrogen and oxygen atoms in total. The van der Waals surface area contributed by atoms with Crippen molar-refractivity contribution >= 4 is 29.1 Å². The first-order chi connectivity index (χ1) is 10.3. The van der Waals surface area contributed by atoms with E-state index < -0.39 is 9.75 Å². The van der Waals surface area contributed by atoms with Gasteiger partial charge in [0, 0.05) is 44.6 Å². The van der Waals surface area contributed by atoms with E-state index in [4.69, 9.17) is 23.2 Å². The molecule has 0 radical (unpaired) electrons. The second-order valence-electron chi connectivity index (χ2n) is 6.50.